The summed E-state index contributed by atoms with van der Waals surface area (Å²) in [7, 11) is 0. The number of nitrogens with zero attached hydrogens (tertiary/aromatic N) is 6. The van der Waals surface area contributed by atoms with E-state index < -0.39 is 0 Å². The maximum absolute atomic E-state index is 5.38. The van der Waals surface area contributed by atoms with Crippen LogP contribution in [-0.2, 0) is 4.74 Å². The number of rotatable bonds is 5. The van der Waals surface area contributed by atoms with Gasteiger partial charge in [-0.25, -0.2) is 0 Å². The van der Waals surface area contributed by atoms with Crippen LogP contribution in [0.3, 0.4) is 0 Å². The molecule has 0 aliphatic carbocycles. The maximum Gasteiger partial charge on any atom is 0.229 e. The highest BCUT2D eigenvalue weighted by Crippen LogP contribution is 2.28. The van der Waals surface area contributed by atoms with Crippen LogP contribution in [0.1, 0.15) is 25.7 Å². The minimum Gasteiger partial charge on any atom is -0.372 e. The third-order valence-electron chi connectivity index (χ3n) is 6.07. The normalized spacial score (nSPS) is 26.8. The van der Waals surface area contributed by atoms with Crippen LogP contribution in [0.25, 0.3) is 0 Å². The van der Waals surface area contributed by atoms with Crippen LogP contribution in [0.5, 0.6) is 0 Å². The van der Waals surface area contributed by atoms with Gasteiger partial charge in [-0.2, -0.15) is 9.97 Å². The summed E-state index contributed by atoms with van der Waals surface area (Å²) in [5.74, 6) is 3.19. The number of hydrogen-bond acceptors (Lipinski definition) is 7. The third-order valence-corrected chi connectivity index (χ3v) is 6.07. The molecule has 0 aromatic carbocycles. The Hall–Kier alpha value is -1.60. The molecule has 1 atom stereocenters. The standard InChI is InChI=1S/C19H30N6O/c1-2-6-23(5-1)17-13-18(21-19(20-17)25-7-3-4-8-25)24-11-9-22(10-12-24)14-16-15-26-16/h13,16H,1-12,14-15H2. The molecule has 4 saturated heterocycles. The van der Waals surface area contributed by atoms with E-state index in [-0.39, 0.29) is 0 Å². The van der Waals surface area contributed by atoms with E-state index in [0.29, 0.717) is 6.10 Å². The van der Waals surface area contributed by atoms with Gasteiger partial charge >= 0.3 is 0 Å². The molecular formula is C19H30N6O. The van der Waals surface area contributed by atoms with Crippen molar-refractivity contribution in [3.05, 3.63) is 6.07 Å². The predicted octanol–water partition coefficient (Wildman–Crippen LogP) is 1.20. The molecule has 0 N–H and O–H groups in total. The zero-order valence-corrected chi connectivity index (χ0v) is 15.6. The maximum atomic E-state index is 5.38. The van der Waals surface area contributed by atoms with Gasteiger partial charge in [0.25, 0.3) is 0 Å². The van der Waals surface area contributed by atoms with Gasteiger partial charge in [-0.1, -0.05) is 0 Å². The minimum absolute atomic E-state index is 0.490. The van der Waals surface area contributed by atoms with E-state index in [1.54, 1.807) is 0 Å². The zero-order chi connectivity index (χ0) is 17.3. The van der Waals surface area contributed by atoms with Crippen molar-refractivity contribution >= 4 is 17.6 Å². The van der Waals surface area contributed by atoms with E-state index in [0.717, 1.165) is 83.1 Å². The first-order valence-corrected chi connectivity index (χ1v) is 10.3. The minimum atomic E-state index is 0.490. The highest BCUT2D eigenvalue weighted by molar-refractivity contribution is 5.56. The molecule has 0 bridgehead atoms. The number of aromatic nitrogens is 2. The average Bonchev–Trinajstić information content (AvgIpc) is 3.16. The lowest BCUT2D eigenvalue weighted by Crippen LogP contribution is -2.48. The van der Waals surface area contributed by atoms with Gasteiger partial charge in [0.2, 0.25) is 5.95 Å². The summed E-state index contributed by atoms with van der Waals surface area (Å²) in [6, 6.07) is 2.23. The summed E-state index contributed by atoms with van der Waals surface area (Å²) in [5, 5.41) is 0. The number of piperazine rings is 1. The monoisotopic (exact) mass is 358 g/mol. The second-order valence-corrected chi connectivity index (χ2v) is 8.02. The van der Waals surface area contributed by atoms with Gasteiger partial charge in [-0.3, -0.25) is 4.90 Å². The fraction of sp³-hybridized carbons (Fsp3) is 0.789. The topological polar surface area (TPSA) is 51.3 Å². The van der Waals surface area contributed by atoms with Crippen molar-refractivity contribution in [2.45, 2.75) is 31.8 Å². The molecule has 1 unspecified atom stereocenters. The van der Waals surface area contributed by atoms with Crippen LogP contribution < -0.4 is 14.7 Å². The Balaban J connectivity index is 1.34. The van der Waals surface area contributed by atoms with Crippen LogP contribution in [0.15, 0.2) is 6.07 Å². The van der Waals surface area contributed by atoms with Crippen LogP contribution in [0, 0.1) is 0 Å². The van der Waals surface area contributed by atoms with E-state index in [1.165, 1.54) is 25.7 Å². The summed E-state index contributed by atoms with van der Waals surface area (Å²) in [6.07, 6.45) is 5.56. The molecule has 4 fully saturated rings. The fourth-order valence-electron chi connectivity index (χ4n) is 4.36. The van der Waals surface area contributed by atoms with Gasteiger partial charge in [-0.05, 0) is 25.7 Å². The number of anilines is 3. The van der Waals surface area contributed by atoms with Crippen molar-refractivity contribution < 1.29 is 4.74 Å². The molecule has 7 nitrogen and oxygen atoms in total. The van der Waals surface area contributed by atoms with E-state index in [4.69, 9.17) is 14.7 Å². The molecule has 5 rings (SSSR count). The first-order chi connectivity index (χ1) is 12.8. The van der Waals surface area contributed by atoms with Gasteiger partial charge in [0.1, 0.15) is 11.6 Å². The lowest BCUT2D eigenvalue weighted by atomic mass is 10.3. The van der Waals surface area contributed by atoms with Crippen molar-refractivity contribution in [2.75, 3.05) is 80.2 Å². The summed E-state index contributed by atoms with van der Waals surface area (Å²) >= 11 is 0. The van der Waals surface area contributed by atoms with Gasteiger partial charge in [0, 0.05) is 65.0 Å². The van der Waals surface area contributed by atoms with Crippen molar-refractivity contribution in [1.82, 2.24) is 14.9 Å². The van der Waals surface area contributed by atoms with Gasteiger partial charge in [0.05, 0.1) is 12.7 Å². The molecule has 0 amide bonds. The second kappa shape index (κ2) is 7.19. The number of epoxide rings is 1. The van der Waals surface area contributed by atoms with Crippen LogP contribution >= 0.6 is 0 Å². The van der Waals surface area contributed by atoms with Crippen LogP contribution in [-0.4, -0.2) is 86.5 Å². The van der Waals surface area contributed by atoms with Gasteiger partial charge < -0.3 is 19.4 Å². The Labute approximate surface area is 155 Å². The van der Waals surface area contributed by atoms with Crippen molar-refractivity contribution in [3.8, 4) is 0 Å². The SMILES string of the molecule is c1c(N2CCCC2)nc(N2CCCC2)nc1N1CCN(CC2CO2)CC1. The number of hydrogen-bond donors (Lipinski definition) is 0. The molecule has 4 aliphatic rings. The fourth-order valence-corrected chi connectivity index (χ4v) is 4.36. The van der Waals surface area contributed by atoms with Gasteiger partial charge in [-0.15, -0.1) is 0 Å². The van der Waals surface area contributed by atoms with E-state index >= 15 is 0 Å². The third kappa shape index (κ3) is 3.60. The lowest BCUT2D eigenvalue weighted by molar-refractivity contribution is 0.230. The molecule has 7 heteroatoms. The quantitative estimate of drug-likeness (QED) is 0.733. The first kappa shape index (κ1) is 16.6. The summed E-state index contributed by atoms with van der Waals surface area (Å²) in [5.41, 5.74) is 0. The largest absolute Gasteiger partial charge is 0.372 e. The molecule has 0 radical (unpaired) electrons. The summed E-state index contributed by atoms with van der Waals surface area (Å²) in [4.78, 5) is 19.7. The highest BCUT2D eigenvalue weighted by atomic mass is 16.6. The lowest BCUT2D eigenvalue weighted by Gasteiger charge is -2.35. The van der Waals surface area contributed by atoms with Crippen LogP contribution in [0.2, 0.25) is 0 Å². The van der Waals surface area contributed by atoms with E-state index in [1.807, 2.05) is 0 Å². The van der Waals surface area contributed by atoms with E-state index in [9.17, 15) is 0 Å². The predicted molar refractivity (Wildman–Crippen MR) is 103 cm³/mol. The summed E-state index contributed by atoms with van der Waals surface area (Å²) in [6.45, 7) is 10.8. The molecule has 0 spiro atoms. The Morgan fingerprint density at radius 1 is 0.769 bits per heavy atom. The second-order valence-electron chi connectivity index (χ2n) is 8.02. The Morgan fingerprint density at radius 2 is 1.31 bits per heavy atom. The van der Waals surface area contributed by atoms with Crippen molar-refractivity contribution in [1.29, 1.82) is 0 Å². The average molecular weight is 358 g/mol. The molecule has 142 valence electrons. The first-order valence-electron chi connectivity index (χ1n) is 10.3. The molecule has 1 aromatic heterocycles. The Morgan fingerprint density at radius 3 is 1.88 bits per heavy atom. The highest BCUT2D eigenvalue weighted by Gasteiger charge is 2.28. The summed E-state index contributed by atoms with van der Waals surface area (Å²) < 4.78 is 5.38. The molecular weight excluding hydrogens is 328 g/mol. The number of ether oxygens (including phenoxy) is 1. The smallest absolute Gasteiger partial charge is 0.229 e. The van der Waals surface area contributed by atoms with Crippen molar-refractivity contribution in [3.63, 3.8) is 0 Å². The Kier molecular flexibility index (Phi) is 4.58. The Bertz CT molecular complexity index is 582. The van der Waals surface area contributed by atoms with E-state index in [2.05, 4.69) is 25.7 Å². The van der Waals surface area contributed by atoms with Crippen LogP contribution in [0.4, 0.5) is 17.6 Å². The molecule has 1 aromatic rings. The molecule has 4 aliphatic heterocycles. The zero-order valence-electron chi connectivity index (χ0n) is 15.6. The van der Waals surface area contributed by atoms with Crippen molar-refractivity contribution in [2.24, 2.45) is 0 Å². The molecule has 5 heterocycles. The molecule has 0 saturated carbocycles. The van der Waals surface area contributed by atoms with Gasteiger partial charge in [0.15, 0.2) is 0 Å². The molecule has 26 heavy (non-hydrogen) atoms.